The summed E-state index contributed by atoms with van der Waals surface area (Å²) in [6.07, 6.45) is 7.17. The smallest absolute Gasteiger partial charge is 0.244 e. The third kappa shape index (κ3) is 5.60. The van der Waals surface area contributed by atoms with Gasteiger partial charge in [-0.25, -0.2) is 0 Å². The Morgan fingerprint density at radius 2 is 2.00 bits per heavy atom. The van der Waals surface area contributed by atoms with E-state index in [1.54, 1.807) is 18.1 Å². The van der Waals surface area contributed by atoms with Crippen LogP contribution in [0.25, 0.3) is 6.08 Å². The Hall–Kier alpha value is -1.81. The molecule has 1 amide bonds. The van der Waals surface area contributed by atoms with Crippen LogP contribution in [0.5, 0.6) is 5.75 Å². The molecule has 21 heavy (non-hydrogen) atoms. The predicted octanol–water partition coefficient (Wildman–Crippen LogP) is 0.893. The quantitative estimate of drug-likeness (QED) is 0.578. The number of carbonyl (C=O) groups is 1. The molecule has 4 nitrogen and oxygen atoms in total. The summed E-state index contributed by atoms with van der Waals surface area (Å²) in [4.78, 5) is 13.4. The van der Waals surface area contributed by atoms with E-state index in [0.717, 1.165) is 24.3 Å². The van der Waals surface area contributed by atoms with Crippen molar-refractivity contribution in [3.05, 3.63) is 35.9 Å². The van der Waals surface area contributed by atoms with E-state index in [0.29, 0.717) is 0 Å². The van der Waals surface area contributed by atoms with Crippen LogP contribution in [0.4, 0.5) is 0 Å². The highest BCUT2D eigenvalue weighted by Crippen LogP contribution is 2.12. The SMILES string of the molecule is COc1ccc(C=CC(=O)NCCC[NH+]2CCCC2)cc1. The number of nitrogens with one attached hydrogen (secondary N) is 2. The summed E-state index contributed by atoms with van der Waals surface area (Å²) in [5, 5.41) is 2.94. The first kappa shape index (κ1) is 15.6. The molecule has 0 aromatic heterocycles. The summed E-state index contributed by atoms with van der Waals surface area (Å²) >= 11 is 0. The monoisotopic (exact) mass is 289 g/mol. The fourth-order valence-electron chi connectivity index (χ4n) is 2.62. The van der Waals surface area contributed by atoms with E-state index in [1.807, 2.05) is 30.3 Å². The van der Waals surface area contributed by atoms with Crippen LogP contribution in [0.2, 0.25) is 0 Å². The Morgan fingerprint density at radius 1 is 1.29 bits per heavy atom. The summed E-state index contributed by atoms with van der Waals surface area (Å²) < 4.78 is 5.10. The van der Waals surface area contributed by atoms with Crippen LogP contribution in [0.3, 0.4) is 0 Å². The molecule has 1 heterocycles. The molecule has 1 fully saturated rings. The van der Waals surface area contributed by atoms with Gasteiger partial charge in [0, 0.05) is 31.9 Å². The van der Waals surface area contributed by atoms with Gasteiger partial charge in [0.2, 0.25) is 5.91 Å². The molecule has 1 aliphatic rings. The van der Waals surface area contributed by atoms with Crippen LogP contribution >= 0.6 is 0 Å². The van der Waals surface area contributed by atoms with Gasteiger partial charge in [0.15, 0.2) is 0 Å². The molecule has 1 saturated heterocycles. The molecule has 0 aliphatic carbocycles. The highest BCUT2D eigenvalue weighted by Gasteiger charge is 2.13. The van der Waals surface area contributed by atoms with Crippen molar-refractivity contribution in [3.8, 4) is 5.75 Å². The van der Waals surface area contributed by atoms with Crippen LogP contribution in [0.15, 0.2) is 30.3 Å². The van der Waals surface area contributed by atoms with Crippen molar-refractivity contribution in [2.24, 2.45) is 0 Å². The Balaban J connectivity index is 1.64. The highest BCUT2D eigenvalue weighted by molar-refractivity contribution is 5.91. The zero-order valence-electron chi connectivity index (χ0n) is 12.7. The number of hydrogen-bond acceptors (Lipinski definition) is 2. The summed E-state index contributed by atoms with van der Waals surface area (Å²) in [6, 6.07) is 7.63. The Morgan fingerprint density at radius 3 is 2.67 bits per heavy atom. The zero-order valence-corrected chi connectivity index (χ0v) is 12.7. The molecule has 0 bridgehead atoms. The Kier molecular flexibility index (Phi) is 6.28. The van der Waals surface area contributed by atoms with Gasteiger partial charge < -0.3 is 15.0 Å². The normalized spacial score (nSPS) is 15.5. The average molecular weight is 289 g/mol. The van der Waals surface area contributed by atoms with Gasteiger partial charge in [-0.2, -0.15) is 0 Å². The number of likely N-dealkylation sites (tertiary alicyclic amines) is 1. The van der Waals surface area contributed by atoms with E-state index in [2.05, 4.69) is 5.32 Å². The maximum absolute atomic E-state index is 11.7. The second-order valence-corrected chi connectivity index (χ2v) is 5.46. The van der Waals surface area contributed by atoms with Gasteiger partial charge in [-0.3, -0.25) is 4.79 Å². The van der Waals surface area contributed by atoms with Crippen molar-refractivity contribution in [3.63, 3.8) is 0 Å². The van der Waals surface area contributed by atoms with Crippen molar-refractivity contribution in [2.45, 2.75) is 19.3 Å². The van der Waals surface area contributed by atoms with E-state index < -0.39 is 0 Å². The number of rotatable bonds is 7. The van der Waals surface area contributed by atoms with Gasteiger partial charge in [0.05, 0.1) is 26.7 Å². The molecule has 114 valence electrons. The number of quaternary nitrogens is 1. The maximum atomic E-state index is 11.7. The van der Waals surface area contributed by atoms with Gasteiger partial charge in [-0.05, 0) is 23.8 Å². The van der Waals surface area contributed by atoms with E-state index in [1.165, 1.54) is 32.5 Å². The zero-order chi connectivity index (χ0) is 14.9. The van der Waals surface area contributed by atoms with Crippen LogP contribution < -0.4 is 15.0 Å². The molecule has 0 spiro atoms. The first-order chi connectivity index (χ1) is 10.3. The Labute approximate surface area is 126 Å². The highest BCUT2D eigenvalue weighted by atomic mass is 16.5. The van der Waals surface area contributed by atoms with Crippen LogP contribution in [0, 0.1) is 0 Å². The van der Waals surface area contributed by atoms with Crippen molar-refractivity contribution in [2.75, 3.05) is 33.3 Å². The first-order valence-electron chi connectivity index (χ1n) is 7.71. The molecule has 0 saturated carbocycles. The lowest BCUT2D eigenvalue weighted by molar-refractivity contribution is -0.887. The summed E-state index contributed by atoms with van der Waals surface area (Å²) in [6.45, 7) is 4.52. The van der Waals surface area contributed by atoms with Gasteiger partial charge >= 0.3 is 0 Å². The minimum atomic E-state index is -0.0257. The van der Waals surface area contributed by atoms with Crippen LogP contribution in [-0.2, 0) is 4.79 Å². The molecule has 1 aliphatic heterocycles. The molecule has 0 unspecified atom stereocenters. The van der Waals surface area contributed by atoms with Crippen molar-refractivity contribution in [1.29, 1.82) is 0 Å². The van der Waals surface area contributed by atoms with E-state index in [4.69, 9.17) is 4.74 Å². The molecule has 4 heteroatoms. The standard InChI is InChI=1S/C17H24N2O2/c1-21-16-8-5-15(6-9-16)7-10-17(20)18-11-4-14-19-12-2-3-13-19/h5-10H,2-4,11-14H2,1H3,(H,18,20)/p+1. The number of amides is 1. The van der Waals surface area contributed by atoms with Crippen molar-refractivity contribution in [1.82, 2.24) is 5.32 Å². The number of benzene rings is 1. The lowest BCUT2D eigenvalue weighted by Crippen LogP contribution is -3.10. The molecule has 1 aromatic carbocycles. The third-order valence-electron chi connectivity index (χ3n) is 3.86. The van der Waals surface area contributed by atoms with Gasteiger partial charge in [-0.15, -0.1) is 0 Å². The van der Waals surface area contributed by atoms with Crippen molar-refractivity contribution < 1.29 is 14.4 Å². The van der Waals surface area contributed by atoms with E-state index in [9.17, 15) is 4.79 Å². The van der Waals surface area contributed by atoms with Crippen LogP contribution in [0.1, 0.15) is 24.8 Å². The minimum Gasteiger partial charge on any atom is -0.497 e. The van der Waals surface area contributed by atoms with Gasteiger partial charge in [0.1, 0.15) is 5.75 Å². The molecule has 0 radical (unpaired) electrons. The second kappa shape index (κ2) is 8.47. The number of carbonyl (C=O) groups excluding carboxylic acids is 1. The fraction of sp³-hybridized carbons (Fsp3) is 0.471. The summed E-state index contributed by atoms with van der Waals surface area (Å²) in [5.74, 6) is 0.795. The maximum Gasteiger partial charge on any atom is 0.244 e. The molecule has 1 aromatic rings. The lowest BCUT2D eigenvalue weighted by atomic mass is 10.2. The molecular formula is C17H25N2O2+. The van der Waals surface area contributed by atoms with E-state index >= 15 is 0 Å². The minimum absolute atomic E-state index is 0.0257. The van der Waals surface area contributed by atoms with Crippen molar-refractivity contribution >= 4 is 12.0 Å². The fourth-order valence-corrected chi connectivity index (χ4v) is 2.62. The number of hydrogen-bond donors (Lipinski definition) is 2. The number of methoxy groups -OCH3 is 1. The summed E-state index contributed by atoms with van der Waals surface area (Å²) in [7, 11) is 1.64. The van der Waals surface area contributed by atoms with Crippen LogP contribution in [-0.4, -0.2) is 39.2 Å². The molecular weight excluding hydrogens is 264 g/mol. The second-order valence-electron chi connectivity index (χ2n) is 5.46. The molecule has 2 rings (SSSR count). The first-order valence-corrected chi connectivity index (χ1v) is 7.71. The summed E-state index contributed by atoms with van der Waals surface area (Å²) in [5.41, 5.74) is 0.993. The number of ether oxygens (including phenoxy) is 1. The molecule has 2 N–H and O–H groups in total. The predicted molar refractivity (Wildman–Crippen MR) is 84.5 cm³/mol. The third-order valence-corrected chi connectivity index (χ3v) is 3.86. The topological polar surface area (TPSA) is 42.8 Å². The van der Waals surface area contributed by atoms with Gasteiger partial charge in [0.25, 0.3) is 0 Å². The average Bonchev–Trinajstić information content (AvgIpc) is 3.03. The lowest BCUT2D eigenvalue weighted by Gasteiger charge is -2.11. The largest absolute Gasteiger partial charge is 0.497 e. The Bertz CT molecular complexity index is 462. The van der Waals surface area contributed by atoms with Gasteiger partial charge in [-0.1, -0.05) is 12.1 Å². The van der Waals surface area contributed by atoms with E-state index in [-0.39, 0.29) is 5.91 Å². The molecule has 0 atom stereocenters.